The van der Waals surface area contributed by atoms with Gasteiger partial charge >= 0.3 is 0 Å². The van der Waals surface area contributed by atoms with Gasteiger partial charge in [0.05, 0.1) is 24.5 Å². The van der Waals surface area contributed by atoms with Gasteiger partial charge in [-0.15, -0.1) is 0 Å². The van der Waals surface area contributed by atoms with E-state index in [0.717, 1.165) is 17.4 Å². The number of sulfonamides is 1. The number of benzene rings is 2. The maximum absolute atomic E-state index is 12.9. The van der Waals surface area contributed by atoms with Crippen LogP contribution in [0.3, 0.4) is 0 Å². The van der Waals surface area contributed by atoms with Gasteiger partial charge in [-0.2, -0.15) is 4.31 Å². The molecule has 30 heavy (non-hydrogen) atoms. The van der Waals surface area contributed by atoms with Gasteiger partial charge in [-0.05, 0) is 17.7 Å². The Morgan fingerprint density at radius 1 is 1.10 bits per heavy atom. The summed E-state index contributed by atoms with van der Waals surface area (Å²) in [5.74, 6) is -0.269. The first-order valence-corrected chi connectivity index (χ1v) is 11.5. The van der Waals surface area contributed by atoms with E-state index in [-0.39, 0.29) is 36.9 Å². The van der Waals surface area contributed by atoms with Crippen molar-refractivity contribution in [3.8, 4) is 5.75 Å². The van der Waals surface area contributed by atoms with E-state index in [4.69, 9.17) is 4.74 Å². The fourth-order valence-corrected chi connectivity index (χ4v) is 4.69. The highest BCUT2D eigenvalue weighted by Gasteiger charge is 2.35. The lowest BCUT2D eigenvalue weighted by Gasteiger charge is -2.37. The topological polar surface area (TPSA) is 105 Å². The quantitative estimate of drug-likeness (QED) is 0.736. The normalized spacial score (nSPS) is 18.8. The lowest BCUT2D eigenvalue weighted by molar-refractivity contribution is 0.0896. The Bertz CT molecular complexity index is 1100. The summed E-state index contributed by atoms with van der Waals surface area (Å²) in [5, 5.41) is 5.44. The van der Waals surface area contributed by atoms with Gasteiger partial charge in [-0.25, -0.2) is 8.42 Å². The summed E-state index contributed by atoms with van der Waals surface area (Å²) in [6, 6.07) is 12.8. The van der Waals surface area contributed by atoms with E-state index in [1.807, 2.05) is 30.3 Å². The average Bonchev–Trinajstić information content (AvgIpc) is 3.12. The van der Waals surface area contributed by atoms with E-state index in [9.17, 15) is 18.0 Å². The summed E-state index contributed by atoms with van der Waals surface area (Å²) < 4.78 is 30.2. The van der Waals surface area contributed by atoms with Crippen molar-refractivity contribution in [2.45, 2.75) is 12.0 Å². The summed E-state index contributed by atoms with van der Waals surface area (Å²) >= 11 is 0. The highest BCUT2D eigenvalue weighted by Crippen LogP contribution is 2.41. The molecule has 0 unspecified atom stereocenters. The zero-order valence-electron chi connectivity index (χ0n) is 16.7. The zero-order valence-corrected chi connectivity index (χ0v) is 17.5. The van der Waals surface area contributed by atoms with E-state index in [1.165, 1.54) is 17.4 Å². The molecule has 2 heterocycles. The van der Waals surface area contributed by atoms with Crippen LogP contribution in [0, 0.1) is 0 Å². The van der Waals surface area contributed by atoms with Gasteiger partial charge in [0.15, 0.2) is 0 Å². The van der Waals surface area contributed by atoms with Crippen molar-refractivity contribution in [3.05, 3.63) is 64.7 Å². The van der Waals surface area contributed by atoms with Crippen molar-refractivity contribution in [3.63, 3.8) is 0 Å². The van der Waals surface area contributed by atoms with Crippen molar-refractivity contribution < 1.29 is 22.7 Å². The maximum atomic E-state index is 12.9. The molecule has 2 aliphatic heterocycles. The Morgan fingerprint density at radius 2 is 1.80 bits per heavy atom. The molecule has 1 atom stereocenters. The molecule has 8 nitrogen and oxygen atoms in total. The van der Waals surface area contributed by atoms with Crippen molar-refractivity contribution in [2.75, 3.05) is 33.0 Å². The molecular formula is C21H23N3O5S. The molecular weight excluding hydrogens is 406 g/mol. The number of carbonyl (C=O) groups excluding carboxylic acids is 2. The highest BCUT2D eigenvalue weighted by atomic mass is 32.2. The van der Waals surface area contributed by atoms with Crippen LogP contribution in [0.5, 0.6) is 5.75 Å². The number of nitrogens with one attached hydrogen (secondary N) is 2. The van der Waals surface area contributed by atoms with Crippen LogP contribution in [0.15, 0.2) is 42.5 Å². The number of ether oxygens (including phenoxy) is 1. The van der Waals surface area contributed by atoms with E-state index in [2.05, 4.69) is 10.6 Å². The van der Waals surface area contributed by atoms with Crippen LogP contribution in [-0.2, 0) is 10.0 Å². The number of hydrogen-bond acceptors (Lipinski definition) is 5. The smallest absolute Gasteiger partial charge is 0.254 e. The summed E-state index contributed by atoms with van der Waals surface area (Å²) in [7, 11) is -1.73. The number of carbonyl (C=O) groups is 2. The molecule has 1 saturated heterocycles. The molecule has 1 fully saturated rings. The lowest BCUT2D eigenvalue weighted by atomic mass is 9.90. The Labute approximate surface area is 175 Å². The molecule has 2 aromatic carbocycles. The molecule has 2 N–H and O–H groups in total. The van der Waals surface area contributed by atoms with Gasteiger partial charge in [-0.1, -0.05) is 30.3 Å². The second kappa shape index (κ2) is 7.73. The van der Waals surface area contributed by atoms with Crippen molar-refractivity contribution in [1.82, 2.24) is 14.9 Å². The monoisotopic (exact) mass is 429 g/mol. The fraction of sp³-hybridized carbons (Fsp3) is 0.333. The maximum Gasteiger partial charge on any atom is 0.254 e. The number of amides is 2. The van der Waals surface area contributed by atoms with E-state index in [0.29, 0.717) is 23.5 Å². The van der Waals surface area contributed by atoms with Gasteiger partial charge in [0.25, 0.3) is 11.8 Å². The molecule has 9 heteroatoms. The number of fused-ring (bicyclic) bond motifs is 1. The minimum Gasteiger partial charge on any atom is -0.491 e. The van der Waals surface area contributed by atoms with Crippen LogP contribution < -0.4 is 15.4 Å². The molecule has 0 aromatic heterocycles. The third kappa shape index (κ3) is 3.78. The summed E-state index contributed by atoms with van der Waals surface area (Å²) in [4.78, 5) is 25.3. The highest BCUT2D eigenvalue weighted by molar-refractivity contribution is 7.88. The number of hydrogen-bond donors (Lipinski definition) is 2. The van der Waals surface area contributed by atoms with Gasteiger partial charge < -0.3 is 15.4 Å². The van der Waals surface area contributed by atoms with Gasteiger partial charge in [0.1, 0.15) is 5.75 Å². The minimum atomic E-state index is -3.25. The molecule has 2 aliphatic rings. The summed E-state index contributed by atoms with van der Waals surface area (Å²) in [6.07, 6.45) is 1.14. The van der Waals surface area contributed by atoms with Crippen LogP contribution in [0.4, 0.5) is 0 Å². The first-order chi connectivity index (χ1) is 14.3. The molecule has 2 aromatic rings. The van der Waals surface area contributed by atoms with Crippen LogP contribution in [0.1, 0.15) is 37.8 Å². The summed E-state index contributed by atoms with van der Waals surface area (Å²) in [5.41, 5.74) is 2.49. The molecule has 4 rings (SSSR count). The first-order valence-electron chi connectivity index (χ1n) is 9.61. The standard InChI is InChI=1S/C21H23N3O5S/c1-22-21(26)17-9-14(20(25)23-15-10-24(11-15)30(2,27)28)8-16-18(12-29-19(16)17)13-6-4-3-5-7-13/h3-9,15,18H,10-12H2,1-2H3,(H,22,26)(H,23,25)/t18-/m1/s1. The predicted molar refractivity (Wildman–Crippen MR) is 111 cm³/mol. The molecule has 0 saturated carbocycles. The lowest BCUT2D eigenvalue weighted by Crippen LogP contribution is -2.60. The van der Waals surface area contributed by atoms with E-state index < -0.39 is 10.0 Å². The Balaban J connectivity index is 1.63. The molecule has 158 valence electrons. The summed E-state index contributed by atoms with van der Waals surface area (Å²) in [6.45, 7) is 0.876. The minimum absolute atomic E-state index is 0.0817. The van der Waals surface area contributed by atoms with E-state index >= 15 is 0 Å². The van der Waals surface area contributed by atoms with E-state index in [1.54, 1.807) is 6.07 Å². The van der Waals surface area contributed by atoms with Crippen LogP contribution >= 0.6 is 0 Å². The third-order valence-corrected chi connectivity index (χ3v) is 6.71. The molecule has 0 bridgehead atoms. The zero-order chi connectivity index (χ0) is 21.5. The average molecular weight is 429 g/mol. The largest absolute Gasteiger partial charge is 0.491 e. The molecule has 2 amide bonds. The van der Waals surface area contributed by atoms with Crippen LogP contribution in [-0.4, -0.2) is 63.6 Å². The molecule has 0 aliphatic carbocycles. The predicted octanol–water partition coefficient (Wildman–Crippen LogP) is 0.944. The molecule has 0 spiro atoms. The Kier molecular flexibility index (Phi) is 5.25. The number of rotatable bonds is 5. The Hall–Kier alpha value is -2.91. The fourth-order valence-electron chi connectivity index (χ4n) is 3.79. The second-order valence-corrected chi connectivity index (χ2v) is 9.53. The third-order valence-electron chi connectivity index (χ3n) is 5.48. The van der Waals surface area contributed by atoms with Crippen molar-refractivity contribution in [1.29, 1.82) is 0 Å². The Morgan fingerprint density at radius 3 is 2.43 bits per heavy atom. The van der Waals surface area contributed by atoms with Crippen LogP contribution in [0.2, 0.25) is 0 Å². The van der Waals surface area contributed by atoms with Gasteiger partial charge in [0, 0.05) is 37.2 Å². The second-order valence-electron chi connectivity index (χ2n) is 7.55. The SMILES string of the molecule is CNC(=O)c1cc(C(=O)NC2CN(S(C)(=O)=O)C2)cc2c1OC[C@@H]2c1ccccc1. The first kappa shape index (κ1) is 20.4. The van der Waals surface area contributed by atoms with Gasteiger partial charge in [-0.3, -0.25) is 9.59 Å². The molecule has 0 radical (unpaired) electrons. The van der Waals surface area contributed by atoms with Gasteiger partial charge in [0.2, 0.25) is 10.0 Å². The van der Waals surface area contributed by atoms with Crippen molar-refractivity contribution in [2.24, 2.45) is 0 Å². The van der Waals surface area contributed by atoms with Crippen molar-refractivity contribution >= 4 is 21.8 Å². The number of nitrogens with zero attached hydrogens (tertiary/aromatic N) is 1. The van der Waals surface area contributed by atoms with Crippen LogP contribution in [0.25, 0.3) is 0 Å².